The fourth-order valence-electron chi connectivity index (χ4n) is 3.70. The van der Waals surface area contributed by atoms with Crippen LogP contribution in [0.5, 0.6) is 0 Å². The van der Waals surface area contributed by atoms with Crippen molar-refractivity contribution in [1.82, 2.24) is 5.32 Å². The maximum absolute atomic E-state index is 10.8. The molecule has 1 saturated carbocycles. The first-order chi connectivity index (χ1) is 9.72. The number of hydrogen-bond donors (Lipinski definition) is 1. The second-order valence-electron chi connectivity index (χ2n) is 6.40. The molecule has 116 valence electrons. The molecule has 0 spiro atoms. The summed E-state index contributed by atoms with van der Waals surface area (Å²) >= 11 is 0. The SMILES string of the molecule is CC/C=C(/NC)C(CCC=O)C1CCCC(C)CCC1. The summed E-state index contributed by atoms with van der Waals surface area (Å²) in [6, 6.07) is 0. The van der Waals surface area contributed by atoms with Gasteiger partial charge in [0.05, 0.1) is 0 Å². The summed E-state index contributed by atoms with van der Waals surface area (Å²) in [5.74, 6) is 2.21. The van der Waals surface area contributed by atoms with Gasteiger partial charge < -0.3 is 10.1 Å². The van der Waals surface area contributed by atoms with Gasteiger partial charge in [0.25, 0.3) is 0 Å². The molecule has 1 aliphatic carbocycles. The van der Waals surface area contributed by atoms with E-state index in [9.17, 15) is 4.79 Å². The number of allylic oxidation sites excluding steroid dienone is 2. The summed E-state index contributed by atoms with van der Waals surface area (Å²) < 4.78 is 0. The van der Waals surface area contributed by atoms with E-state index in [0.29, 0.717) is 12.3 Å². The summed E-state index contributed by atoms with van der Waals surface area (Å²) in [5, 5.41) is 3.40. The third kappa shape index (κ3) is 5.68. The van der Waals surface area contributed by atoms with Crippen molar-refractivity contribution >= 4 is 6.29 Å². The lowest BCUT2D eigenvalue weighted by Crippen LogP contribution is -2.25. The van der Waals surface area contributed by atoms with Crippen molar-refractivity contribution in [3.8, 4) is 0 Å². The van der Waals surface area contributed by atoms with Gasteiger partial charge in [0.15, 0.2) is 0 Å². The van der Waals surface area contributed by atoms with Gasteiger partial charge in [-0.3, -0.25) is 0 Å². The number of carbonyl (C=O) groups is 1. The van der Waals surface area contributed by atoms with Gasteiger partial charge in [-0.1, -0.05) is 45.6 Å². The second kappa shape index (κ2) is 10.0. The molecule has 20 heavy (non-hydrogen) atoms. The zero-order chi connectivity index (χ0) is 14.8. The average molecular weight is 279 g/mol. The first-order valence-electron chi connectivity index (χ1n) is 8.54. The third-order valence-electron chi connectivity index (χ3n) is 4.82. The smallest absolute Gasteiger partial charge is 0.120 e. The fourth-order valence-corrected chi connectivity index (χ4v) is 3.70. The summed E-state index contributed by atoms with van der Waals surface area (Å²) in [7, 11) is 2.03. The lowest BCUT2D eigenvalue weighted by Gasteiger charge is -2.31. The number of aldehydes is 1. The number of carbonyl (C=O) groups excluding carboxylic acids is 1. The summed E-state index contributed by atoms with van der Waals surface area (Å²) in [4.78, 5) is 10.8. The lowest BCUT2D eigenvalue weighted by atomic mass is 9.76. The van der Waals surface area contributed by atoms with E-state index in [4.69, 9.17) is 0 Å². The van der Waals surface area contributed by atoms with Gasteiger partial charge in [0, 0.05) is 25.1 Å². The highest BCUT2D eigenvalue weighted by atomic mass is 16.1. The first-order valence-corrected chi connectivity index (χ1v) is 8.54. The predicted octanol–water partition coefficient (Wildman–Crippen LogP) is 4.70. The molecule has 0 aromatic heterocycles. The monoisotopic (exact) mass is 279 g/mol. The van der Waals surface area contributed by atoms with Crippen LogP contribution in [0.1, 0.15) is 71.6 Å². The van der Waals surface area contributed by atoms with Crippen molar-refractivity contribution in [3.05, 3.63) is 11.8 Å². The van der Waals surface area contributed by atoms with Gasteiger partial charge in [-0.25, -0.2) is 0 Å². The van der Waals surface area contributed by atoms with Gasteiger partial charge in [-0.05, 0) is 37.5 Å². The molecule has 2 nitrogen and oxygen atoms in total. The van der Waals surface area contributed by atoms with Crippen LogP contribution in [-0.2, 0) is 4.79 Å². The zero-order valence-electron chi connectivity index (χ0n) is 13.7. The molecule has 1 unspecified atom stereocenters. The van der Waals surface area contributed by atoms with Crippen LogP contribution in [0.15, 0.2) is 11.8 Å². The average Bonchev–Trinajstić information content (AvgIpc) is 2.42. The quantitative estimate of drug-likeness (QED) is 0.684. The normalized spacial score (nSPS) is 26.4. The fraction of sp³-hybridized carbons (Fsp3) is 0.833. The molecule has 1 fully saturated rings. The highest BCUT2D eigenvalue weighted by Crippen LogP contribution is 2.35. The van der Waals surface area contributed by atoms with Crippen LogP contribution in [0, 0.1) is 17.8 Å². The number of rotatable bonds is 7. The Bertz CT molecular complexity index is 288. The molecule has 0 radical (unpaired) electrons. The topological polar surface area (TPSA) is 29.1 Å². The molecular formula is C18H33NO. The van der Waals surface area contributed by atoms with E-state index in [1.807, 2.05) is 7.05 Å². The van der Waals surface area contributed by atoms with Crippen LogP contribution in [0.3, 0.4) is 0 Å². The summed E-state index contributed by atoms with van der Waals surface area (Å²) in [5.41, 5.74) is 1.37. The van der Waals surface area contributed by atoms with E-state index in [-0.39, 0.29) is 0 Å². The Labute approximate surface area is 125 Å². The molecule has 2 heteroatoms. The van der Waals surface area contributed by atoms with Crippen LogP contribution in [0.4, 0.5) is 0 Å². The Hall–Kier alpha value is -0.790. The molecule has 1 atom stereocenters. The van der Waals surface area contributed by atoms with E-state index >= 15 is 0 Å². The van der Waals surface area contributed by atoms with E-state index in [0.717, 1.165) is 31.0 Å². The van der Waals surface area contributed by atoms with Gasteiger partial charge in [-0.2, -0.15) is 0 Å². The minimum atomic E-state index is 0.554. The van der Waals surface area contributed by atoms with Crippen LogP contribution >= 0.6 is 0 Å². The molecule has 1 N–H and O–H groups in total. The van der Waals surface area contributed by atoms with Crippen LogP contribution in [-0.4, -0.2) is 13.3 Å². The van der Waals surface area contributed by atoms with E-state index in [1.54, 1.807) is 0 Å². The van der Waals surface area contributed by atoms with Crippen molar-refractivity contribution < 1.29 is 4.79 Å². The standard InChI is InChI=1S/C18H33NO/c1-4-8-18(19-3)17(13-7-14-20)16-11-5-9-15(2)10-6-12-16/h8,14-17,19H,4-7,9-13H2,1-3H3/b18-8+. The largest absolute Gasteiger partial charge is 0.391 e. The van der Waals surface area contributed by atoms with Gasteiger partial charge in [0.1, 0.15) is 6.29 Å². The molecule has 0 heterocycles. The lowest BCUT2D eigenvalue weighted by molar-refractivity contribution is -0.108. The van der Waals surface area contributed by atoms with E-state index in [1.165, 1.54) is 44.2 Å². The molecule has 0 aromatic rings. The van der Waals surface area contributed by atoms with Crippen LogP contribution in [0.25, 0.3) is 0 Å². The molecule has 1 aliphatic rings. The second-order valence-corrected chi connectivity index (χ2v) is 6.40. The van der Waals surface area contributed by atoms with Crippen molar-refractivity contribution in [3.63, 3.8) is 0 Å². The number of nitrogens with one attached hydrogen (secondary N) is 1. The summed E-state index contributed by atoms with van der Waals surface area (Å²) in [6.45, 7) is 4.58. The third-order valence-corrected chi connectivity index (χ3v) is 4.82. The maximum Gasteiger partial charge on any atom is 0.120 e. The van der Waals surface area contributed by atoms with E-state index in [2.05, 4.69) is 25.2 Å². The van der Waals surface area contributed by atoms with Gasteiger partial charge in [0.2, 0.25) is 0 Å². The maximum atomic E-state index is 10.8. The van der Waals surface area contributed by atoms with Crippen molar-refractivity contribution in [2.75, 3.05) is 7.05 Å². The first kappa shape index (κ1) is 17.3. The Morgan fingerprint density at radius 2 is 1.90 bits per heavy atom. The van der Waals surface area contributed by atoms with E-state index < -0.39 is 0 Å². The minimum absolute atomic E-state index is 0.554. The van der Waals surface area contributed by atoms with Crippen LogP contribution < -0.4 is 5.32 Å². The summed E-state index contributed by atoms with van der Waals surface area (Å²) in [6.07, 6.45) is 14.3. The molecule has 0 bridgehead atoms. The molecule has 0 saturated heterocycles. The minimum Gasteiger partial charge on any atom is -0.391 e. The highest BCUT2D eigenvalue weighted by molar-refractivity contribution is 5.49. The van der Waals surface area contributed by atoms with Gasteiger partial charge >= 0.3 is 0 Å². The molecule has 0 aromatic carbocycles. The van der Waals surface area contributed by atoms with Crippen molar-refractivity contribution in [2.24, 2.45) is 17.8 Å². The molecule has 0 amide bonds. The Balaban J connectivity index is 2.74. The Morgan fingerprint density at radius 1 is 1.25 bits per heavy atom. The van der Waals surface area contributed by atoms with Crippen molar-refractivity contribution in [1.29, 1.82) is 0 Å². The Kier molecular flexibility index (Phi) is 8.64. The highest BCUT2D eigenvalue weighted by Gasteiger charge is 2.25. The van der Waals surface area contributed by atoms with Gasteiger partial charge in [-0.15, -0.1) is 0 Å². The van der Waals surface area contributed by atoms with Crippen LogP contribution in [0.2, 0.25) is 0 Å². The molecule has 0 aliphatic heterocycles. The predicted molar refractivity (Wildman–Crippen MR) is 86.6 cm³/mol. The molecule has 1 rings (SSSR count). The number of hydrogen-bond acceptors (Lipinski definition) is 2. The van der Waals surface area contributed by atoms with Crippen molar-refractivity contribution in [2.45, 2.75) is 71.6 Å². The molecular weight excluding hydrogens is 246 g/mol. The zero-order valence-corrected chi connectivity index (χ0v) is 13.7. The Morgan fingerprint density at radius 3 is 2.40 bits per heavy atom.